The molecular formula is C14H15F2NO3S. The highest BCUT2D eigenvalue weighted by atomic mass is 32.2. The van der Waals surface area contributed by atoms with Gasteiger partial charge < -0.3 is 10.4 Å². The molecule has 2 rings (SSSR count). The highest BCUT2D eigenvalue weighted by molar-refractivity contribution is 7.99. The lowest BCUT2D eigenvalue weighted by Crippen LogP contribution is -2.54. The molecule has 114 valence electrons. The summed E-state index contributed by atoms with van der Waals surface area (Å²) < 4.78 is 25.8. The zero-order valence-electron chi connectivity index (χ0n) is 11.2. The molecule has 1 aromatic carbocycles. The van der Waals surface area contributed by atoms with Crippen LogP contribution < -0.4 is 5.32 Å². The van der Waals surface area contributed by atoms with Crippen molar-refractivity contribution >= 4 is 23.6 Å². The number of carbonyl (C=O) groups is 2. The molecule has 2 N–H and O–H groups in total. The first-order chi connectivity index (χ1) is 9.93. The Morgan fingerprint density at radius 2 is 2.10 bits per heavy atom. The van der Waals surface area contributed by atoms with Crippen molar-refractivity contribution in [1.82, 2.24) is 5.32 Å². The van der Waals surface area contributed by atoms with E-state index in [4.69, 9.17) is 0 Å². The van der Waals surface area contributed by atoms with Crippen LogP contribution in [-0.2, 0) is 16.0 Å². The quantitative estimate of drug-likeness (QED) is 0.872. The minimum atomic E-state index is -1.20. The van der Waals surface area contributed by atoms with Crippen LogP contribution in [-0.4, -0.2) is 34.0 Å². The van der Waals surface area contributed by atoms with E-state index in [1.54, 1.807) is 0 Å². The van der Waals surface area contributed by atoms with Crippen LogP contribution >= 0.6 is 11.8 Å². The fourth-order valence-electron chi connectivity index (χ4n) is 2.17. The topological polar surface area (TPSA) is 66.4 Å². The van der Waals surface area contributed by atoms with Gasteiger partial charge in [-0.2, -0.15) is 11.8 Å². The van der Waals surface area contributed by atoms with Gasteiger partial charge in [0.15, 0.2) is 11.6 Å². The van der Waals surface area contributed by atoms with Crippen LogP contribution in [0.15, 0.2) is 18.2 Å². The summed E-state index contributed by atoms with van der Waals surface area (Å²) in [5, 5.41) is 11.8. The molecule has 1 fully saturated rings. The predicted molar refractivity (Wildman–Crippen MR) is 75.1 cm³/mol. The lowest BCUT2D eigenvalue weighted by Gasteiger charge is -2.24. The van der Waals surface area contributed by atoms with Gasteiger partial charge in [-0.05, 0) is 36.3 Å². The van der Waals surface area contributed by atoms with Gasteiger partial charge in [0.1, 0.15) is 5.54 Å². The molecule has 21 heavy (non-hydrogen) atoms. The minimum absolute atomic E-state index is 0.0325. The molecule has 1 unspecified atom stereocenters. The van der Waals surface area contributed by atoms with Crippen molar-refractivity contribution in [3.8, 4) is 0 Å². The molecule has 1 aliphatic heterocycles. The predicted octanol–water partition coefficient (Wildman–Crippen LogP) is 1.97. The van der Waals surface area contributed by atoms with Gasteiger partial charge in [-0.15, -0.1) is 0 Å². The second kappa shape index (κ2) is 6.43. The molecule has 1 heterocycles. The fourth-order valence-corrected chi connectivity index (χ4v) is 3.49. The number of hydrogen-bond donors (Lipinski definition) is 2. The second-order valence-corrected chi connectivity index (χ2v) is 6.09. The molecule has 0 saturated carbocycles. The summed E-state index contributed by atoms with van der Waals surface area (Å²) in [6.07, 6.45) is 0.653. The van der Waals surface area contributed by atoms with E-state index in [2.05, 4.69) is 5.32 Å². The number of hydrogen-bond acceptors (Lipinski definition) is 3. The van der Waals surface area contributed by atoms with E-state index in [1.165, 1.54) is 17.8 Å². The molecule has 0 aliphatic carbocycles. The monoisotopic (exact) mass is 315 g/mol. The van der Waals surface area contributed by atoms with E-state index in [1.807, 2.05) is 0 Å². The normalized spacial score (nSPS) is 21.2. The highest BCUT2D eigenvalue weighted by Gasteiger charge is 2.43. The van der Waals surface area contributed by atoms with Crippen LogP contribution in [0.4, 0.5) is 8.78 Å². The number of amides is 1. The van der Waals surface area contributed by atoms with Crippen molar-refractivity contribution in [2.45, 2.75) is 24.8 Å². The zero-order valence-corrected chi connectivity index (χ0v) is 12.0. The number of rotatable bonds is 5. The molecule has 0 radical (unpaired) electrons. The number of halogens is 2. The summed E-state index contributed by atoms with van der Waals surface area (Å²) in [5.74, 6) is -2.29. The van der Waals surface area contributed by atoms with Crippen LogP contribution in [0, 0.1) is 11.6 Å². The van der Waals surface area contributed by atoms with Gasteiger partial charge in [-0.1, -0.05) is 6.07 Å². The van der Waals surface area contributed by atoms with Gasteiger partial charge in [0.25, 0.3) is 0 Å². The van der Waals surface area contributed by atoms with Crippen molar-refractivity contribution in [2.24, 2.45) is 0 Å². The van der Waals surface area contributed by atoms with Crippen molar-refractivity contribution in [3.05, 3.63) is 35.4 Å². The molecule has 1 atom stereocenters. The van der Waals surface area contributed by atoms with E-state index >= 15 is 0 Å². The molecule has 1 amide bonds. The Balaban J connectivity index is 1.92. The third-order valence-corrected chi connectivity index (χ3v) is 4.62. The lowest BCUT2D eigenvalue weighted by atomic mass is 9.98. The van der Waals surface area contributed by atoms with Crippen molar-refractivity contribution in [2.75, 3.05) is 11.5 Å². The molecule has 0 spiro atoms. The number of nitrogens with one attached hydrogen (secondary N) is 1. The number of carbonyl (C=O) groups excluding carboxylic acids is 1. The van der Waals surface area contributed by atoms with Gasteiger partial charge in [-0.3, -0.25) is 4.79 Å². The molecule has 0 bridgehead atoms. The maximum absolute atomic E-state index is 13.0. The summed E-state index contributed by atoms with van der Waals surface area (Å²) >= 11 is 1.48. The zero-order chi connectivity index (χ0) is 15.5. The van der Waals surface area contributed by atoms with E-state index < -0.39 is 29.0 Å². The maximum Gasteiger partial charge on any atom is 0.330 e. The summed E-state index contributed by atoms with van der Waals surface area (Å²) in [4.78, 5) is 23.2. The van der Waals surface area contributed by atoms with Crippen LogP contribution in [0.1, 0.15) is 18.4 Å². The Morgan fingerprint density at radius 3 is 2.67 bits per heavy atom. The standard InChI is InChI=1S/C14H15F2NO3S/c15-10-3-1-9(7-11(10)16)2-4-12(18)17-14(13(19)20)5-6-21-8-14/h1,3,7H,2,4-6,8H2,(H,17,18)(H,19,20). The Labute approximate surface area is 124 Å². The fraction of sp³-hybridized carbons (Fsp3) is 0.429. The summed E-state index contributed by atoms with van der Waals surface area (Å²) in [6.45, 7) is 0. The molecule has 1 aliphatic rings. The first kappa shape index (κ1) is 15.8. The molecule has 0 aromatic heterocycles. The largest absolute Gasteiger partial charge is 0.479 e. The maximum atomic E-state index is 13.0. The van der Waals surface area contributed by atoms with Crippen LogP contribution in [0.5, 0.6) is 0 Å². The Bertz CT molecular complexity index is 559. The number of carboxylic acids is 1. The highest BCUT2D eigenvalue weighted by Crippen LogP contribution is 2.28. The van der Waals surface area contributed by atoms with Gasteiger partial charge in [0, 0.05) is 12.2 Å². The number of aliphatic carboxylic acids is 1. The van der Waals surface area contributed by atoms with Gasteiger partial charge in [0.2, 0.25) is 5.91 Å². The van der Waals surface area contributed by atoms with E-state index in [0.29, 0.717) is 23.5 Å². The molecule has 4 nitrogen and oxygen atoms in total. The number of carboxylic acid groups (broad SMARTS) is 1. The van der Waals surface area contributed by atoms with Crippen LogP contribution in [0.2, 0.25) is 0 Å². The van der Waals surface area contributed by atoms with Crippen molar-refractivity contribution in [3.63, 3.8) is 0 Å². The van der Waals surface area contributed by atoms with Crippen molar-refractivity contribution in [1.29, 1.82) is 0 Å². The van der Waals surface area contributed by atoms with Gasteiger partial charge >= 0.3 is 5.97 Å². The van der Waals surface area contributed by atoms with Gasteiger partial charge in [-0.25, -0.2) is 13.6 Å². The Kier molecular flexibility index (Phi) is 4.82. The third kappa shape index (κ3) is 3.72. The van der Waals surface area contributed by atoms with Gasteiger partial charge in [0.05, 0.1) is 0 Å². The first-order valence-corrected chi connectivity index (χ1v) is 7.64. The number of aryl methyl sites for hydroxylation is 1. The summed E-state index contributed by atoms with van der Waals surface area (Å²) in [6, 6.07) is 3.46. The minimum Gasteiger partial charge on any atom is -0.479 e. The SMILES string of the molecule is O=C(CCc1ccc(F)c(F)c1)NC1(C(=O)O)CCSC1. The third-order valence-electron chi connectivity index (χ3n) is 3.43. The van der Waals surface area contributed by atoms with E-state index in [9.17, 15) is 23.5 Å². The Morgan fingerprint density at radius 1 is 1.33 bits per heavy atom. The molecule has 1 saturated heterocycles. The Hall–Kier alpha value is -1.63. The summed E-state index contributed by atoms with van der Waals surface area (Å²) in [5.41, 5.74) is -0.704. The van der Waals surface area contributed by atoms with Crippen LogP contribution in [0.25, 0.3) is 0 Å². The average molecular weight is 315 g/mol. The van der Waals surface area contributed by atoms with E-state index in [-0.39, 0.29) is 12.8 Å². The lowest BCUT2D eigenvalue weighted by molar-refractivity contribution is -0.146. The smallest absolute Gasteiger partial charge is 0.330 e. The molecule has 1 aromatic rings. The van der Waals surface area contributed by atoms with E-state index in [0.717, 1.165) is 12.1 Å². The average Bonchev–Trinajstić information content (AvgIpc) is 2.90. The molecule has 7 heteroatoms. The van der Waals surface area contributed by atoms with Crippen molar-refractivity contribution < 1.29 is 23.5 Å². The second-order valence-electron chi connectivity index (χ2n) is 4.99. The van der Waals surface area contributed by atoms with Crippen LogP contribution in [0.3, 0.4) is 0 Å². The number of thioether (sulfide) groups is 1. The summed E-state index contributed by atoms with van der Waals surface area (Å²) in [7, 11) is 0. The molecular weight excluding hydrogens is 300 g/mol. The first-order valence-electron chi connectivity index (χ1n) is 6.49. The number of benzene rings is 1.